The number of benzene rings is 2. The van der Waals surface area contributed by atoms with Crippen LogP contribution in [0.3, 0.4) is 0 Å². The maximum Gasteiger partial charge on any atom is 0.266 e. The number of carbonyl (C=O) groups is 2. The SMILES string of the molecule is O=C1c2ccccc2C(=O)N1c1ccc2c(c1)OCCO2. The molecule has 0 saturated heterocycles. The average Bonchev–Trinajstić information content (AvgIpc) is 2.79. The monoisotopic (exact) mass is 281 g/mol. The molecule has 0 radical (unpaired) electrons. The largest absolute Gasteiger partial charge is 0.486 e. The van der Waals surface area contributed by atoms with Crippen LogP contribution in [0.5, 0.6) is 11.5 Å². The molecule has 2 amide bonds. The van der Waals surface area contributed by atoms with Crippen molar-refractivity contribution in [2.75, 3.05) is 18.1 Å². The van der Waals surface area contributed by atoms with E-state index in [0.29, 0.717) is 41.5 Å². The highest BCUT2D eigenvalue weighted by Gasteiger charge is 2.36. The zero-order valence-corrected chi connectivity index (χ0v) is 11.0. The summed E-state index contributed by atoms with van der Waals surface area (Å²) >= 11 is 0. The van der Waals surface area contributed by atoms with E-state index in [4.69, 9.17) is 9.47 Å². The molecule has 5 heteroatoms. The van der Waals surface area contributed by atoms with Crippen molar-refractivity contribution in [3.63, 3.8) is 0 Å². The van der Waals surface area contributed by atoms with Crippen molar-refractivity contribution in [3.05, 3.63) is 53.6 Å². The molecule has 2 aliphatic rings. The number of fused-ring (bicyclic) bond motifs is 2. The van der Waals surface area contributed by atoms with Crippen LogP contribution in [-0.2, 0) is 0 Å². The second-order valence-electron chi connectivity index (χ2n) is 4.82. The van der Waals surface area contributed by atoms with Crippen molar-refractivity contribution in [1.82, 2.24) is 0 Å². The molecule has 4 rings (SSSR count). The minimum Gasteiger partial charge on any atom is -0.486 e. The Balaban J connectivity index is 1.78. The van der Waals surface area contributed by atoms with Crippen LogP contribution in [0.25, 0.3) is 0 Å². The molecule has 5 nitrogen and oxygen atoms in total. The van der Waals surface area contributed by atoms with Crippen LogP contribution in [0.2, 0.25) is 0 Å². The van der Waals surface area contributed by atoms with Crippen molar-refractivity contribution in [3.8, 4) is 11.5 Å². The fourth-order valence-electron chi connectivity index (χ4n) is 2.59. The normalized spacial score (nSPS) is 16.1. The zero-order chi connectivity index (χ0) is 14.4. The first-order valence-electron chi connectivity index (χ1n) is 6.63. The van der Waals surface area contributed by atoms with Gasteiger partial charge in [0.1, 0.15) is 13.2 Å². The summed E-state index contributed by atoms with van der Waals surface area (Å²) in [5.41, 5.74) is 1.35. The molecule has 21 heavy (non-hydrogen) atoms. The van der Waals surface area contributed by atoms with Gasteiger partial charge >= 0.3 is 0 Å². The van der Waals surface area contributed by atoms with Crippen LogP contribution in [0.15, 0.2) is 42.5 Å². The van der Waals surface area contributed by atoms with Gasteiger partial charge in [-0.2, -0.15) is 0 Å². The minimum absolute atomic E-state index is 0.313. The van der Waals surface area contributed by atoms with Gasteiger partial charge in [-0.15, -0.1) is 0 Å². The predicted octanol–water partition coefficient (Wildman–Crippen LogP) is 2.26. The van der Waals surface area contributed by atoms with E-state index in [1.165, 1.54) is 4.90 Å². The van der Waals surface area contributed by atoms with Gasteiger partial charge in [0.05, 0.1) is 16.8 Å². The van der Waals surface area contributed by atoms with E-state index in [9.17, 15) is 9.59 Å². The maximum atomic E-state index is 12.4. The highest BCUT2D eigenvalue weighted by molar-refractivity contribution is 6.34. The van der Waals surface area contributed by atoms with Crippen LogP contribution in [0.1, 0.15) is 20.7 Å². The number of amides is 2. The average molecular weight is 281 g/mol. The maximum absolute atomic E-state index is 12.4. The Kier molecular flexibility index (Phi) is 2.47. The third kappa shape index (κ3) is 1.71. The molecule has 0 aromatic heterocycles. The van der Waals surface area contributed by atoms with Crippen LogP contribution in [-0.4, -0.2) is 25.0 Å². The second-order valence-corrected chi connectivity index (χ2v) is 4.82. The Labute approximate surface area is 120 Å². The molecule has 0 fully saturated rings. The molecule has 0 saturated carbocycles. The number of ether oxygens (including phenoxy) is 2. The van der Waals surface area contributed by atoms with E-state index in [1.54, 1.807) is 42.5 Å². The van der Waals surface area contributed by atoms with Gasteiger partial charge in [0.15, 0.2) is 11.5 Å². The third-order valence-electron chi connectivity index (χ3n) is 3.58. The predicted molar refractivity (Wildman–Crippen MR) is 75.0 cm³/mol. The molecule has 2 aromatic rings. The fourth-order valence-corrected chi connectivity index (χ4v) is 2.59. The molecule has 0 spiro atoms. The lowest BCUT2D eigenvalue weighted by Gasteiger charge is -2.21. The third-order valence-corrected chi connectivity index (χ3v) is 3.58. The van der Waals surface area contributed by atoms with E-state index in [2.05, 4.69) is 0 Å². The summed E-state index contributed by atoms with van der Waals surface area (Å²) in [5, 5.41) is 0. The van der Waals surface area contributed by atoms with E-state index in [0.717, 1.165) is 0 Å². The standard InChI is InChI=1S/C16H11NO4/c18-15-11-3-1-2-4-12(11)16(19)17(15)10-5-6-13-14(9-10)21-8-7-20-13/h1-6,9H,7-8H2. The number of rotatable bonds is 1. The minimum atomic E-state index is -0.313. The topological polar surface area (TPSA) is 55.8 Å². The van der Waals surface area contributed by atoms with Crippen molar-refractivity contribution >= 4 is 17.5 Å². The molecule has 104 valence electrons. The van der Waals surface area contributed by atoms with E-state index in [1.807, 2.05) is 0 Å². The number of carbonyl (C=O) groups excluding carboxylic acids is 2. The van der Waals surface area contributed by atoms with Gasteiger partial charge in [-0.05, 0) is 24.3 Å². The van der Waals surface area contributed by atoms with Gasteiger partial charge in [-0.3, -0.25) is 9.59 Å². The molecule has 0 N–H and O–H groups in total. The molecule has 2 aliphatic heterocycles. The van der Waals surface area contributed by atoms with Gasteiger partial charge in [0.25, 0.3) is 11.8 Å². The van der Waals surface area contributed by atoms with Gasteiger partial charge in [0.2, 0.25) is 0 Å². The van der Waals surface area contributed by atoms with Crippen molar-refractivity contribution in [2.24, 2.45) is 0 Å². The molecular formula is C16H11NO4. The van der Waals surface area contributed by atoms with Crippen molar-refractivity contribution in [1.29, 1.82) is 0 Å². The Bertz CT molecular complexity index is 734. The molecule has 0 atom stereocenters. The quantitative estimate of drug-likeness (QED) is 0.752. The Hall–Kier alpha value is -2.82. The molecule has 0 aliphatic carbocycles. The molecule has 2 aromatic carbocycles. The van der Waals surface area contributed by atoms with Gasteiger partial charge in [-0.1, -0.05) is 12.1 Å². The number of nitrogens with zero attached hydrogens (tertiary/aromatic N) is 1. The summed E-state index contributed by atoms with van der Waals surface area (Å²) < 4.78 is 10.9. The number of anilines is 1. The summed E-state index contributed by atoms with van der Waals surface area (Å²) in [4.78, 5) is 26.0. The first-order valence-corrected chi connectivity index (χ1v) is 6.63. The smallest absolute Gasteiger partial charge is 0.266 e. The lowest BCUT2D eigenvalue weighted by molar-refractivity contribution is 0.0926. The Morgan fingerprint density at radius 2 is 1.43 bits per heavy atom. The number of hydrogen-bond donors (Lipinski definition) is 0. The van der Waals surface area contributed by atoms with Crippen LogP contribution in [0.4, 0.5) is 5.69 Å². The van der Waals surface area contributed by atoms with Gasteiger partial charge in [-0.25, -0.2) is 4.90 Å². The second kappa shape index (κ2) is 4.34. The van der Waals surface area contributed by atoms with Gasteiger partial charge in [0, 0.05) is 6.07 Å². The van der Waals surface area contributed by atoms with E-state index < -0.39 is 0 Å². The van der Waals surface area contributed by atoms with Crippen LogP contribution in [0, 0.1) is 0 Å². The summed E-state index contributed by atoms with van der Waals surface area (Å²) in [6.45, 7) is 0.956. The summed E-state index contributed by atoms with van der Waals surface area (Å²) in [6.07, 6.45) is 0. The molecule has 2 heterocycles. The first-order chi connectivity index (χ1) is 10.3. The lowest BCUT2D eigenvalue weighted by Crippen LogP contribution is -2.29. The number of imide groups is 1. The fraction of sp³-hybridized carbons (Fsp3) is 0.125. The lowest BCUT2D eigenvalue weighted by atomic mass is 10.1. The van der Waals surface area contributed by atoms with Gasteiger partial charge < -0.3 is 9.47 Å². The summed E-state index contributed by atoms with van der Waals surface area (Å²) in [5.74, 6) is 0.552. The number of hydrogen-bond acceptors (Lipinski definition) is 4. The Morgan fingerprint density at radius 1 is 0.810 bits per heavy atom. The van der Waals surface area contributed by atoms with Crippen molar-refractivity contribution in [2.45, 2.75) is 0 Å². The summed E-state index contributed by atoms with van der Waals surface area (Å²) in [6, 6.07) is 11.9. The first kappa shape index (κ1) is 12.0. The summed E-state index contributed by atoms with van der Waals surface area (Å²) in [7, 11) is 0. The molecule has 0 unspecified atom stereocenters. The molecule has 0 bridgehead atoms. The zero-order valence-electron chi connectivity index (χ0n) is 11.0. The highest BCUT2D eigenvalue weighted by Crippen LogP contribution is 2.36. The van der Waals surface area contributed by atoms with E-state index in [-0.39, 0.29) is 11.8 Å². The van der Waals surface area contributed by atoms with Crippen LogP contribution < -0.4 is 14.4 Å². The molecular weight excluding hydrogens is 270 g/mol. The van der Waals surface area contributed by atoms with Crippen LogP contribution >= 0.6 is 0 Å². The van der Waals surface area contributed by atoms with E-state index >= 15 is 0 Å². The Morgan fingerprint density at radius 3 is 2.10 bits per heavy atom. The highest BCUT2D eigenvalue weighted by atomic mass is 16.6. The van der Waals surface area contributed by atoms with Crippen molar-refractivity contribution < 1.29 is 19.1 Å².